The van der Waals surface area contributed by atoms with Crippen LogP contribution in [-0.2, 0) is 20.5 Å². The van der Waals surface area contributed by atoms with Gasteiger partial charge in [-0.15, -0.1) is 0 Å². The highest BCUT2D eigenvalue weighted by molar-refractivity contribution is 7.83. The second kappa shape index (κ2) is 7.44. The van der Waals surface area contributed by atoms with Gasteiger partial charge in [-0.05, 0) is 57.5 Å². The molecule has 1 heterocycles. The number of carbonyl (C=O) groups excluding carboxylic acids is 1. The van der Waals surface area contributed by atoms with E-state index in [1.807, 2.05) is 76.2 Å². The van der Waals surface area contributed by atoms with Gasteiger partial charge in [0.25, 0.3) is 0 Å². The number of nitrogens with zero attached hydrogens (tertiary/aromatic N) is 1. The van der Waals surface area contributed by atoms with Gasteiger partial charge in [-0.1, -0.05) is 29.8 Å². The van der Waals surface area contributed by atoms with Crippen LogP contribution in [-0.4, -0.2) is 33.2 Å². The Labute approximate surface area is 162 Å². The van der Waals surface area contributed by atoms with Gasteiger partial charge >= 0.3 is 5.97 Å². The molecule has 6 heteroatoms. The molecule has 1 aliphatic heterocycles. The summed E-state index contributed by atoms with van der Waals surface area (Å²) in [5.74, 6) is 0.378. The van der Waals surface area contributed by atoms with Gasteiger partial charge in [0.15, 0.2) is 0 Å². The topological polar surface area (TPSA) is 55.6 Å². The molecule has 27 heavy (non-hydrogen) atoms. The zero-order valence-corrected chi connectivity index (χ0v) is 17.1. The van der Waals surface area contributed by atoms with Crippen molar-refractivity contribution in [1.82, 2.24) is 4.31 Å². The Balaban J connectivity index is 1.88. The van der Waals surface area contributed by atoms with Gasteiger partial charge in [-0.3, -0.25) is 4.79 Å². The van der Waals surface area contributed by atoms with Gasteiger partial charge in [0.1, 0.15) is 28.4 Å². The number of esters is 1. The zero-order valence-electron chi connectivity index (χ0n) is 16.3. The first-order chi connectivity index (χ1) is 12.7. The van der Waals surface area contributed by atoms with Crippen LogP contribution in [0.1, 0.15) is 37.9 Å². The van der Waals surface area contributed by atoms with E-state index >= 15 is 0 Å². The molecule has 0 radical (unpaired) electrons. The first kappa shape index (κ1) is 19.6. The molecule has 2 aromatic rings. The minimum atomic E-state index is -1.45. The van der Waals surface area contributed by atoms with E-state index in [4.69, 9.17) is 9.47 Å². The van der Waals surface area contributed by atoms with Crippen molar-refractivity contribution < 1.29 is 18.5 Å². The minimum absolute atomic E-state index is 0.284. The molecule has 0 saturated carbocycles. The van der Waals surface area contributed by atoms with Crippen LogP contribution < -0.4 is 4.74 Å². The maximum absolute atomic E-state index is 13.1. The van der Waals surface area contributed by atoms with Gasteiger partial charge in [-0.2, -0.15) is 4.31 Å². The Kier molecular flexibility index (Phi) is 5.40. The number of hydrogen-bond donors (Lipinski definition) is 0. The van der Waals surface area contributed by atoms with Crippen LogP contribution in [0.25, 0.3) is 0 Å². The summed E-state index contributed by atoms with van der Waals surface area (Å²) >= 11 is 0. The second-order valence-corrected chi connectivity index (χ2v) is 9.01. The Hall–Kier alpha value is -2.18. The fourth-order valence-electron chi connectivity index (χ4n) is 2.92. The maximum Gasteiger partial charge on any atom is 0.326 e. The molecule has 144 valence electrons. The number of hydrogen-bond acceptors (Lipinski definition) is 4. The van der Waals surface area contributed by atoms with E-state index in [-0.39, 0.29) is 12.0 Å². The summed E-state index contributed by atoms with van der Waals surface area (Å²) in [4.78, 5) is 13.4. The third-order valence-electron chi connectivity index (χ3n) is 4.28. The number of carbonyl (C=O) groups is 1. The van der Waals surface area contributed by atoms with E-state index < -0.39 is 22.6 Å². The van der Waals surface area contributed by atoms with Crippen LogP contribution in [0.15, 0.2) is 53.4 Å². The van der Waals surface area contributed by atoms with Crippen LogP contribution in [0.3, 0.4) is 0 Å². The molecule has 5 nitrogen and oxygen atoms in total. The molecule has 0 aromatic heterocycles. The van der Waals surface area contributed by atoms with Crippen molar-refractivity contribution in [3.8, 4) is 5.75 Å². The Bertz CT molecular complexity index is 840. The van der Waals surface area contributed by atoms with Gasteiger partial charge in [0.2, 0.25) is 0 Å². The number of aryl methyl sites for hydroxylation is 1. The molecule has 1 aliphatic rings. The quantitative estimate of drug-likeness (QED) is 0.579. The van der Waals surface area contributed by atoms with Crippen molar-refractivity contribution in [2.24, 2.45) is 0 Å². The van der Waals surface area contributed by atoms with Crippen LogP contribution in [0.2, 0.25) is 0 Å². The molecule has 0 spiro atoms. The predicted molar refractivity (Wildman–Crippen MR) is 105 cm³/mol. The lowest BCUT2D eigenvalue weighted by atomic mass is 10.1. The second-order valence-electron chi connectivity index (χ2n) is 7.62. The standard InChI is InChI=1S/C21H25NO4S/c1-14-6-12-17(13-7-14)27(24)22-18(15-8-10-16(25-5)11-9-15)19(22)20(23)26-21(2,3)4/h6-13,18-19H,1-5H3/t18-,19+,22?,27?/m1/s1. The maximum atomic E-state index is 13.1. The van der Waals surface area contributed by atoms with Gasteiger partial charge < -0.3 is 9.47 Å². The average Bonchev–Trinajstić information content (AvgIpc) is 3.36. The van der Waals surface area contributed by atoms with E-state index in [2.05, 4.69) is 0 Å². The normalized spacial score (nSPS) is 22.8. The fourth-order valence-corrected chi connectivity index (χ4v) is 4.33. The number of rotatable bonds is 5. The molecule has 0 aliphatic carbocycles. The lowest BCUT2D eigenvalue weighted by Gasteiger charge is -2.19. The number of benzene rings is 2. The van der Waals surface area contributed by atoms with Crippen LogP contribution in [0.4, 0.5) is 0 Å². The lowest BCUT2D eigenvalue weighted by Crippen LogP contribution is -2.28. The highest BCUT2D eigenvalue weighted by Gasteiger charge is 2.58. The van der Waals surface area contributed by atoms with Crippen molar-refractivity contribution >= 4 is 17.0 Å². The van der Waals surface area contributed by atoms with E-state index in [1.165, 1.54) is 0 Å². The molecule has 1 saturated heterocycles. The molecule has 0 amide bonds. The largest absolute Gasteiger partial charge is 0.497 e. The van der Waals surface area contributed by atoms with Crippen molar-refractivity contribution in [1.29, 1.82) is 0 Å². The summed E-state index contributed by atoms with van der Waals surface area (Å²) < 4.78 is 25.6. The SMILES string of the molecule is COc1ccc([C@@H]2[C@@H](C(=O)OC(C)(C)C)N2S(=O)c2ccc(C)cc2)cc1. The molecule has 4 atom stereocenters. The van der Waals surface area contributed by atoms with Crippen LogP contribution in [0, 0.1) is 6.92 Å². The first-order valence-corrected chi connectivity index (χ1v) is 9.95. The first-order valence-electron chi connectivity index (χ1n) is 8.85. The molecular weight excluding hydrogens is 362 g/mol. The van der Waals surface area contributed by atoms with Gasteiger partial charge in [-0.25, -0.2) is 4.21 Å². The predicted octanol–water partition coefficient (Wildman–Crippen LogP) is 3.79. The summed E-state index contributed by atoms with van der Waals surface area (Å²) in [6.45, 7) is 7.47. The van der Waals surface area contributed by atoms with Gasteiger partial charge in [0.05, 0.1) is 18.0 Å². The Morgan fingerprint density at radius 3 is 2.15 bits per heavy atom. The monoisotopic (exact) mass is 387 g/mol. The van der Waals surface area contributed by atoms with E-state index in [9.17, 15) is 9.00 Å². The van der Waals surface area contributed by atoms with Crippen molar-refractivity contribution in [2.45, 2.75) is 50.3 Å². The molecular formula is C21H25NO4S. The molecule has 0 N–H and O–H groups in total. The van der Waals surface area contributed by atoms with Crippen LogP contribution in [0.5, 0.6) is 5.75 Å². The molecule has 2 unspecified atom stereocenters. The van der Waals surface area contributed by atoms with Crippen molar-refractivity contribution in [3.63, 3.8) is 0 Å². The highest BCUT2D eigenvalue weighted by atomic mass is 32.2. The number of methoxy groups -OCH3 is 1. The smallest absolute Gasteiger partial charge is 0.326 e. The van der Waals surface area contributed by atoms with E-state index in [0.717, 1.165) is 16.9 Å². The van der Waals surface area contributed by atoms with E-state index in [0.29, 0.717) is 4.90 Å². The van der Waals surface area contributed by atoms with E-state index in [1.54, 1.807) is 11.4 Å². The van der Waals surface area contributed by atoms with Crippen LogP contribution >= 0.6 is 0 Å². The summed E-state index contributed by atoms with van der Waals surface area (Å²) in [5, 5.41) is 0. The lowest BCUT2D eigenvalue weighted by molar-refractivity contribution is -0.154. The average molecular weight is 388 g/mol. The Morgan fingerprint density at radius 1 is 1.04 bits per heavy atom. The van der Waals surface area contributed by atoms with Crippen molar-refractivity contribution in [2.75, 3.05) is 7.11 Å². The Morgan fingerprint density at radius 2 is 1.63 bits per heavy atom. The molecule has 0 bridgehead atoms. The summed E-state index contributed by atoms with van der Waals surface area (Å²) in [7, 11) is 0.158. The fraction of sp³-hybridized carbons (Fsp3) is 0.381. The molecule has 3 rings (SSSR count). The highest BCUT2D eigenvalue weighted by Crippen LogP contribution is 2.47. The van der Waals surface area contributed by atoms with Gasteiger partial charge in [0, 0.05) is 0 Å². The zero-order chi connectivity index (χ0) is 19.8. The minimum Gasteiger partial charge on any atom is -0.497 e. The summed E-state index contributed by atoms with van der Waals surface area (Å²) in [5.41, 5.74) is 1.41. The third-order valence-corrected chi connectivity index (χ3v) is 5.79. The summed E-state index contributed by atoms with van der Waals surface area (Å²) in [6.07, 6.45) is 0. The molecule has 1 fully saturated rings. The number of ether oxygens (including phenoxy) is 2. The third kappa shape index (κ3) is 4.39. The van der Waals surface area contributed by atoms with Crippen molar-refractivity contribution in [3.05, 3.63) is 59.7 Å². The molecule has 2 aromatic carbocycles. The summed E-state index contributed by atoms with van der Waals surface area (Å²) in [6, 6.07) is 14.1.